The molecule has 1 aliphatic carbocycles. The number of carbonyl (C=O) groups is 2. The molecule has 0 bridgehead atoms. The monoisotopic (exact) mass is 467 g/mol. The molecular weight excluding hydrogens is 446 g/mol. The molecule has 0 aliphatic heterocycles. The fourth-order valence-electron chi connectivity index (χ4n) is 4.31. The molecule has 0 radical (unpaired) electrons. The highest BCUT2D eigenvalue weighted by Gasteiger charge is 2.28. The number of carbonyl (C=O) groups excluding carboxylic acids is 1. The van der Waals surface area contributed by atoms with Crippen molar-refractivity contribution in [3.05, 3.63) is 94.4 Å². The van der Waals surface area contributed by atoms with Crippen molar-refractivity contribution in [1.29, 1.82) is 0 Å². The zero-order chi connectivity index (χ0) is 23.5. The van der Waals surface area contributed by atoms with Crippen LogP contribution in [0.4, 0.5) is 4.79 Å². The maximum atomic E-state index is 12.3. The Labute approximate surface area is 201 Å². The van der Waals surface area contributed by atoms with Gasteiger partial charge in [-0.15, -0.1) is 11.3 Å². The van der Waals surface area contributed by atoms with Crippen molar-refractivity contribution in [3.63, 3.8) is 0 Å². The van der Waals surface area contributed by atoms with Gasteiger partial charge in [-0.05, 0) is 40.5 Å². The van der Waals surface area contributed by atoms with Crippen LogP contribution in [0.5, 0.6) is 0 Å². The minimum absolute atomic E-state index is 0.0275. The van der Waals surface area contributed by atoms with E-state index in [9.17, 15) is 14.7 Å². The molecular formula is C28H21NO4S. The normalized spacial score (nSPS) is 11.9. The van der Waals surface area contributed by atoms with E-state index in [1.54, 1.807) is 6.07 Å². The molecule has 0 unspecified atom stereocenters. The highest BCUT2D eigenvalue weighted by Crippen LogP contribution is 2.44. The Kier molecular flexibility index (Phi) is 6.03. The summed E-state index contributed by atoms with van der Waals surface area (Å²) in [5.41, 5.74) is 5.52. The van der Waals surface area contributed by atoms with E-state index in [0.717, 1.165) is 15.6 Å². The average molecular weight is 468 g/mol. The molecule has 1 aliphatic rings. The number of aromatic carboxylic acids is 1. The largest absolute Gasteiger partial charge is 0.477 e. The highest BCUT2D eigenvalue weighted by atomic mass is 32.1. The molecule has 3 aromatic carbocycles. The Hall–Kier alpha value is -4.08. The van der Waals surface area contributed by atoms with Crippen LogP contribution in [0.3, 0.4) is 0 Å². The molecule has 5 nitrogen and oxygen atoms in total. The Bertz CT molecular complexity index is 1410. The molecule has 4 aromatic rings. The van der Waals surface area contributed by atoms with E-state index in [4.69, 9.17) is 4.74 Å². The van der Waals surface area contributed by atoms with Crippen LogP contribution in [-0.2, 0) is 4.74 Å². The van der Waals surface area contributed by atoms with Crippen molar-refractivity contribution in [2.45, 2.75) is 12.3 Å². The number of nitrogens with one attached hydrogen (secondary N) is 1. The summed E-state index contributed by atoms with van der Waals surface area (Å²) >= 11 is 1.23. The van der Waals surface area contributed by atoms with Gasteiger partial charge in [0.15, 0.2) is 0 Å². The SMILES string of the molecule is O=C(NCCC#Cc1cccc2sc(C(=O)O)cc12)OCC1c2ccccc2-c2ccccc21. The standard InChI is InChI=1S/C28H21NO4S/c30-27(31)26-16-23-18(9-7-14-25(23)34-26)8-5-6-15-29-28(32)33-17-24-21-12-3-1-10-19(21)20-11-2-4-13-22(20)24/h1-4,7,9-14,16,24H,6,15,17H2,(H,29,32)(H,30,31). The predicted octanol–water partition coefficient (Wildman–Crippen LogP) is 5.88. The third kappa shape index (κ3) is 4.26. The van der Waals surface area contributed by atoms with E-state index in [1.807, 2.05) is 42.5 Å². The highest BCUT2D eigenvalue weighted by molar-refractivity contribution is 7.20. The summed E-state index contributed by atoms with van der Waals surface area (Å²) in [4.78, 5) is 23.8. The lowest BCUT2D eigenvalue weighted by Crippen LogP contribution is -2.26. The van der Waals surface area contributed by atoms with Crippen LogP contribution in [0.1, 0.15) is 38.7 Å². The zero-order valence-electron chi connectivity index (χ0n) is 18.2. The molecule has 0 saturated heterocycles. The molecule has 1 amide bonds. The van der Waals surface area contributed by atoms with Gasteiger partial charge in [0.1, 0.15) is 11.5 Å². The summed E-state index contributed by atoms with van der Waals surface area (Å²) in [7, 11) is 0. The molecule has 6 heteroatoms. The first-order valence-corrected chi connectivity index (χ1v) is 11.8. The molecule has 0 fully saturated rings. The number of benzene rings is 3. The third-order valence-electron chi connectivity index (χ3n) is 5.86. The summed E-state index contributed by atoms with van der Waals surface area (Å²) in [5, 5.41) is 12.8. The second kappa shape index (κ2) is 9.42. The summed E-state index contributed by atoms with van der Waals surface area (Å²) in [6, 6.07) is 23.7. The number of thiophene rings is 1. The molecule has 2 N–H and O–H groups in total. The van der Waals surface area contributed by atoms with Crippen molar-refractivity contribution < 1.29 is 19.4 Å². The molecule has 34 heavy (non-hydrogen) atoms. The number of amides is 1. The third-order valence-corrected chi connectivity index (χ3v) is 6.95. The Balaban J connectivity index is 1.16. The topological polar surface area (TPSA) is 75.6 Å². The van der Waals surface area contributed by atoms with Crippen LogP contribution in [0.25, 0.3) is 21.2 Å². The van der Waals surface area contributed by atoms with E-state index in [2.05, 4.69) is 41.4 Å². The van der Waals surface area contributed by atoms with E-state index in [0.29, 0.717) is 17.8 Å². The van der Waals surface area contributed by atoms with Crippen molar-refractivity contribution >= 4 is 33.5 Å². The molecule has 1 heterocycles. The van der Waals surface area contributed by atoms with Crippen LogP contribution in [-0.4, -0.2) is 30.3 Å². The number of ether oxygens (including phenoxy) is 1. The minimum Gasteiger partial charge on any atom is -0.477 e. The van der Waals surface area contributed by atoms with Crippen LogP contribution < -0.4 is 5.32 Å². The molecule has 168 valence electrons. The summed E-state index contributed by atoms with van der Waals surface area (Å²) < 4.78 is 6.42. The number of carboxylic acid groups (broad SMARTS) is 1. The first-order valence-electron chi connectivity index (χ1n) is 11.0. The van der Waals surface area contributed by atoms with Gasteiger partial charge < -0.3 is 15.2 Å². The smallest absolute Gasteiger partial charge is 0.407 e. The zero-order valence-corrected chi connectivity index (χ0v) is 19.0. The van der Waals surface area contributed by atoms with Crippen molar-refractivity contribution in [1.82, 2.24) is 5.32 Å². The van der Waals surface area contributed by atoms with Gasteiger partial charge in [-0.25, -0.2) is 9.59 Å². The molecule has 1 aromatic heterocycles. The molecule has 5 rings (SSSR count). The van der Waals surface area contributed by atoms with E-state index in [1.165, 1.54) is 33.6 Å². The van der Waals surface area contributed by atoms with Crippen molar-refractivity contribution in [2.24, 2.45) is 0 Å². The van der Waals surface area contributed by atoms with Gasteiger partial charge in [-0.2, -0.15) is 0 Å². The van der Waals surface area contributed by atoms with Crippen LogP contribution in [0.2, 0.25) is 0 Å². The second-order valence-electron chi connectivity index (χ2n) is 7.94. The van der Waals surface area contributed by atoms with Crippen molar-refractivity contribution in [2.75, 3.05) is 13.2 Å². The lowest BCUT2D eigenvalue weighted by molar-refractivity contribution is 0.0702. The van der Waals surface area contributed by atoms with Gasteiger partial charge in [-0.1, -0.05) is 66.4 Å². The average Bonchev–Trinajstić information content (AvgIpc) is 3.43. The van der Waals surface area contributed by atoms with Crippen LogP contribution in [0, 0.1) is 11.8 Å². The number of carboxylic acids is 1. The number of alkyl carbamates (subject to hydrolysis) is 1. The summed E-state index contributed by atoms with van der Waals surface area (Å²) in [6.07, 6.45) is -0.00837. The van der Waals surface area contributed by atoms with Gasteiger partial charge in [-0.3, -0.25) is 0 Å². The van der Waals surface area contributed by atoms with Crippen LogP contribution >= 0.6 is 11.3 Å². The predicted molar refractivity (Wildman–Crippen MR) is 133 cm³/mol. The summed E-state index contributed by atoms with van der Waals surface area (Å²) in [5.74, 6) is 5.22. The number of rotatable bonds is 5. The Morgan fingerprint density at radius 3 is 2.38 bits per heavy atom. The Morgan fingerprint density at radius 2 is 1.68 bits per heavy atom. The lowest BCUT2D eigenvalue weighted by atomic mass is 9.98. The number of hydrogen-bond acceptors (Lipinski definition) is 4. The summed E-state index contributed by atoms with van der Waals surface area (Å²) in [6.45, 7) is 0.640. The van der Waals surface area contributed by atoms with E-state index in [-0.39, 0.29) is 12.5 Å². The lowest BCUT2D eigenvalue weighted by Gasteiger charge is -2.14. The maximum absolute atomic E-state index is 12.3. The first kappa shape index (κ1) is 21.7. The van der Waals surface area contributed by atoms with Crippen molar-refractivity contribution in [3.8, 4) is 23.0 Å². The van der Waals surface area contributed by atoms with Crippen LogP contribution in [0.15, 0.2) is 72.8 Å². The fourth-order valence-corrected chi connectivity index (χ4v) is 5.24. The molecule has 0 saturated carbocycles. The van der Waals surface area contributed by atoms with E-state index >= 15 is 0 Å². The van der Waals surface area contributed by atoms with E-state index < -0.39 is 12.1 Å². The van der Waals surface area contributed by atoms with Gasteiger partial charge in [0, 0.05) is 34.5 Å². The Morgan fingerprint density at radius 1 is 0.971 bits per heavy atom. The van der Waals surface area contributed by atoms with Gasteiger partial charge >= 0.3 is 12.1 Å². The number of hydrogen-bond donors (Lipinski definition) is 2. The quantitative estimate of drug-likeness (QED) is 0.284. The molecule has 0 spiro atoms. The van der Waals surface area contributed by atoms with Gasteiger partial charge in [0.2, 0.25) is 0 Å². The first-order chi connectivity index (χ1) is 16.6. The van der Waals surface area contributed by atoms with Gasteiger partial charge in [0.25, 0.3) is 0 Å². The maximum Gasteiger partial charge on any atom is 0.407 e. The van der Waals surface area contributed by atoms with Gasteiger partial charge in [0.05, 0.1) is 0 Å². The minimum atomic E-state index is -0.938. The fraction of sp³-hybridized carbons (Fsp3) is 0.143. The molecule has 0 atom stereocenters. The second-order valence-corrected chi connectivity index (χ2v) is 9.02. The number of fused-ring (bicyclic) bond motifs is 4.